The molecule has 1 fully saturated rings. The third-order valence-electron chi connectivity index (χ3n) is 7.74. The van der Waals surface area contributed by atoms with Gasteiger partial charge in [-0.1, -0.05) is 35.9 Å². The number of carbonyl (C=O) groups is 2. The highest BCUT2D eigenvalue weighted by Crippen LogP contribution is 2.35. The fourth-order valence-electron chi connectivity index (χ4n) is 5.29. The third-order valence-corrected chi connectivity index (χ3v) is 8.05. The van der Waals surface area contributed by atoms with Gasteiger partial charge in [0, 0.05) is 52.9 Å². The summed E-state index contributed by atoms with van der Waals surface area (Å²) in [5.74, 6) is -4.82. The number of halogens is 3. The minimum Gasteiger partial charge on any atom is -0.480 e. The summed E-state index contributed by atoms with van der Waals surface area (Å²) in [6, 6.07) is 14.3. The van der Waals surface area contributed by atoms with Gasteiger partial charge in [0.05, 0.1) is 22.8 Å². The first-order chi connectivity index (χ1) is 20.5. The van der Waals surface area contributed by atoms with E-state index in [-0.39, 0.29) is 12.1 Å². The maximum atomic E-state index is 15.1. The Bertz CT molecular complexity index is 1760. The van der Waals surface area contributed by atoms with Crippen molar-refractivity contribution in [2.45, 2.75) is 37.8 Å². The van der Waals surface area contributed by atoms with E-state index in [1.807, 2.05) is 6.07 Å². The van der Waals surface area contributed by atoms with Gasteiger partial charge in [-0.2, -0.15) is 5.26 Å². The summed E-state index contributed by atoms with van der Waals surface area (Å²) >= 11 is 6.44. The van der Waals surface area contributed by atoms with Gasteiger partial charge in [0.2, 0.25) is 0 Å². The number of aliphatic carboxylic acids is 1. The molecule has 1 aromatic heterocycles. The van der Waals surface area contributed by atoms with Crippen LogP contribution >= 0.6 is 11.6 Å². The SMILES string of the molecule is CC1(O)CCN(c2cc(F)c(C(=O)N[C@@H](Cc3ccc(-c4ccc(C#N)cc4Cl)c4ncccc34)C(=O)O)c(F)c2)CC1. The molecule has 0 unspecified atom stereocenters. The number of nitrogens with one attached hydrogen (secondary N) is 1. The molecule has 220 valence electrons. The Balaban J connectivity index is 1.40. The van der Waals surface area contributed by atoms with Crippen LogP contribution < -0.4 is 10.2 Å². The molecular weight excluding hydrogens is 578 g/mol. The van der Waals surface area contributed by atoms with Crippen LogP contribution in [0.4, 0.5) is 14.5 Å². The van der Waals surface area contributed by atoms with E-state index in [0.717, 1.165) is 12.1 Å². The second kappa shape index (κ2) is 12.0. The average Bonchev–Trinajstić information content (AvgIpc) is 2.96. The van der Waals surface area contributed by atoms with Gasteiger partial charge in [0.1, 0.15) is 23.2 Å². The molecule has 4 aromatic rings. The number of nitrogens with zero attached hydrogens (tertiary/aromatic N) is 3. The second-order valence-electron chi connectivity index (χ2n) is 10.8. The molecule has 0 bridgehead atoms. The molecule has 1 amide bonds. The smallest absolute Gasteiger partial charge is 0.326 e. The second-order valence-corrected chi connectivity index (χ2v) is 11.2. The lowest BCUT2D eigenvalue weighted by Gasteiger charge is -2.37. The summed E-state index contributed by atoms with van der Waals surface area (Å²) < 4.78 is 30.2. The Morgan fingerprint density at radius 2 is 1.79 bits per heavy atom. The van der Waals surface area contributed by atoms with E-state index in [1.165, 1.54) is 6.07 Å². The van der Waals surface area contributed by atoms with Crippen molar-refractivity contribution < 1.29 is 28.6 Å². The van der Waals surface area contributed by atoms with Crippen molar-refractivity contribution >= 4 is 40.1 Å². The Hall–Kier alpha value is -4.59. The number of fused-ring (bicyclic) bond motifs is 1. The van der Waals surface area contributed by atoms with Crippen molar-refractivity contribution in [3.8, 4) is 17.2 Å². The van der Waals surface area contributed by atoms with Gasteiger partial charge < -0.3 is 20.4 Å². The number of carbonyl (C=O) groups excluding carboxylic acids is 1. The summed E-state index contributed by atoms with van der Waals surface area (Å²) in [6.45, 7) is 2.48. The normalized spacial score (nSPS) is 15.1. The monoisotopic (exact) mass is 604 g/mol. The average molecular weight is 605 g/mol. The first-order valence-corrected chi connectivity index (χ1v) is 13.9. The molecule has 0 saturated carbocycles. The van der Waals surface area contributed by atoms with E-state index in [4.69, 9.17) is 16.9 Å². The minimum atomic E-state index is -1.51. The van der Waals surface area contributed by atoms with Crippen LogP contribution in [0.3, 0.4) is 0 Å². The number of carboxylic acids is 1. The predicted octanol–water partition coefficient (Wildman–Crippen LogP) is 5.48. The van der Waals surface area contributed by atoms with E-state index in [2.05, 4.69) is 10.3 Å². The van der Waals surface area contributed by atoms with Gasteiger partial charge in [0.25, 0.3) is 5.91 Å². The molecular formula is C32H27ClF2N4O4. The van der Waals surface area contributed by atoms with E-state index >= 15 is 8.78 Å². The summed E-state index contributed by atoms with van der Waals surface area (Å²) in [5.41, 5.74) is 1.24. The molecule has 5 rings (SSSR count). The zero-order valence-electron chi connectivity index (χ0n) is 23.1. The lowest BCUT2D eigenvalue weighted by atomic mass is 9.93. The zero-order chi connectivity index (χ0) is 30.9. The van der Waals surface area contributed by atoms with Crippen molar-refractivity contribution in [1.82, 2.24) is 10.3 Å². The highest BCUT2D eigenvalue weighted by molar-refractivity contribution is 6.33. The molecule has 1 aliphatic heterocycles. The van der Waals surface area contributed by atoms with Gasteiger partial charge >= 0.3 is 5.97 Å². The van der Waals surface area contributed by atoms with E-state index in [1.54, 1.807) is 54.4 Å². The fraction of sp³-hybridized carbons (Fsp3) is 0.250. The molecule has 3 N–H and O–H groups in total. The number of benzene rings is 3. The molecule has 43 heavy (non-hydrogen) atoms. The maximum absolute atomic E-state index is 15.1. The van der Waals surface area contributed by atoms with Crippen LogP contribution in [0.2, 0.25) is 5.02 Å². The van der Waals surface area contributed by atoms with Gasteiger partial charge in [-0.3, -0.25) is 9.78 Å². The van der Waals surface area contributed by atoms with Crippen molar-refractivity contribution in [2.75, 3.05) is 18.0 Å². The molecule has 0 spiro atoms. The number of hydrogen-bond donors (Lipinski definition) is 3. The Morgan fingerprint density at radius 3 is 2.42 bits per heavy atom. The van der Waals surface area contributed by atoms with Crippen molar-refractivity contribution in [3.63, 3.8) is 0 Å². The van der Waals surface area contributed by atoms with E-state index in [9.17, 15) is 19.8 Å². The number of amides is 1. The van der Waals surface area contributed by atoms with Gasteiger partial charge in [-0.15, -0.1) is 0 Å². The van der Waals surface area contributed by atoms with Crippen LogP contribution in [0.5, 0.6) is 0 Å². The lowest BCUT2D eigenvalue weighted by Crippen LogP contribution is -2.43. The zero-order valence-corrected chi connectivity index (χ0v) is 23.8. The number of rotatable bonds is 7. The molecule has 8 nitrogen and oxygen atoms in total. The number of anilines is 1. The first kappa shape index (κ1) is 29.9. The quantitative estimate of drug-likeness (QED) is 0.255. The van der Waals surface area contributed by atoms with E-state index < -0.39 is 40.7 Å². The fourth-order valence-corrected chi connectivity index (χ4v) is 5.57. The molecule has 1 atom stereocenters. The number of aromatic nitrogens is 1. The minimum absolute atomic E-state index is 0.195. The van der Waals surface area contributed by atoms with Crippen LogP contribution in [0, 0.1) is 23.0 Å². The Morgan fingerprint density at radius 1 is 1.12 bits per heavy atom. The van der Waals surface area contributed by atoms with Crippen molar-refractivity contribution in [1.29, 1.82) is 5.26 Å². The first-order valence-electron chi connectivity index (χ1n) is 13.5. The van der Waals surface area contributed by atoms with Crippen molar-refractivity contribution in [2.24, 2.45) is 0 Å². The van der Waals surface area contributed by atoms with E-state index in [0.29, 0.717) is 64.1 Å². The molecule has 0 aliphatic carbocycles. The topological polar surface area (TPSA) is 127 Å². The molecule has 3 aromatic carbocycles. The number of nitriles is 1. The van der Waals surface area contributed by atoms with Crippen molar-refractivity contribution in [3.05, 3.63) is 94.1 Å². The summed E-state index contributed by atoms with van der Waals surface area (Å²) in [4.78, 5) is 31.4. The van der Waals surface area contributed by atoms with Gasteiger partial charge in [-0.25, -0.2) is 13.6 Å². The maximum Gasteiger partial charge on any atom is 0.326 e. The lowest BCUT2D eigenvalue weighted by molar-refractivity contribution is -0.139. The molecule has 0 radical (unpaired) electrons. The predicted molar refractivity (Wildman–Crippen MR) is 158 cm³/mol. The standard InChI is InChI=1S/C32H27ClF2N4O4/c1-32(43)8-11-39(12-9-32)20-15-25(34)28(26(35)16-20)30(40)38-27(31(41)42)14-19-5-7-23(29-21(19)3-2-10-37-29)22-6-4-18(17-36)13-24(22)33/h2-7,10,13,15-16,27,43H,8-9,11-12,14H2,1H3,(H,38,40)(H,41,42)/t27-/m0/s1. The third kappa shape index (κ3) is 6.28. The van der Waals surface area contributed by atoms with Gasteiger partial charge in [0.15, 0.2) is 0 Å². The highest BCUT2D eigenvalue weighted by atomic mass is 35.5. The summed E-state index contributed by atoms with van der Waals surface area (Å²) in [6.07, 6.45) is 2.22. The van der Waals surface area contributed by atoms with Gasteiger partial charge in [-0.05, 0) is 55.7 Å². The molecule has 1 aliphatic rings. The molecule has 11 heteroatoms. The Kier molecular flexibility index (Phi) is 8.31. The number of hydrogen-bond acceptors (Lipinski definition) is 6. The Labute approximate surface area is 251 Å². The number of aliphatic hydroxyl groups is 1. The highest BCUT2D eigenvalue weighted by Gasteiger charge is 2.30. The summed E-state index contributed by atoms with van der Waals surface area (Å²) in [5, 5.41) is 32.5. The largest absolute Gasteiger partial charge is 0.480 e. The van der Waals surface area contributed by atoms with Crippen LogP contribution in [-0.2, 0) is 11.2 Å². The molecule has 1 saturated heterocycles. The van der Waals surface area contributed by atoms with Crippen LogP contribution in [-0.4, -0.2) is 51.8 Å². The number of carboxylic acid groups (broad SMARTS) is 1. The van der Waals surface area contributed by atoms with Crippen LogP contribution in [0.25, 0.3) is 22.0 Å². The summed E-state index contributed by atoms with van der Waals surface area (Å²) in [7, 11) is 0. The van der Waals surface area contributed by atoms with Crippen LogP contribution in [0.15, 0.2) is 60.8 Å². The van der Waals surface area contributed by atoms with Crippen LogP contribution in [0.1, 0.15) is 41.3 Å². The molecule has 2 heterocycles. The number of pyridine rings is 1. The number of piperidine rings is 1.